The number of fused-ring (bicyclic) bond motifs is 2. The predicted octanol–water partition coefficient (Wildman–Crippen LogP) is 4.92. The third-order valence-corrected chi connectivity index (χ3v) is 6.34. The van der Waals surface area contributed by atoms with Gasteiger partial charge in [0.1, 0.15) is 18.0 Å². The second-order valence-corrected chi connectivity index (χ2v) is 8.59. The number of carbonyl (C=O) groups is 1. The zero-order valence-electron chi connectivity index (χ0n) is 19.0. The number of allylic oxidation sites excluding steroid dienone is 1. The Morgan fingerprint density at radius 2 is 1.91 bits per heavy atom. The summed E-state index contributed by atoms with van der Waals surface area (Å²) < 4.78 is 2.13. The number of H-pyrrole nitrogens is 1. The van der Waals surface area contributed by atoms with Crippen molar-refractivity contribution in [2.45, 2.75) is 19.0 Å². The van der Waals surface area contributed by atoms with Crippen LogP contribution in [-0.4, -0.2) is 25.8 Å². The molecule has 0 saturated heterocycles. The first kappa shape index (κ1) is 20.9. The van der Waals surface area contributed by atoms with Crippen molar-refractivity contribution in [3.05, 3.63) is 109 Å². The maximum atomic E-state index is 11.8. The first-order chi connectivity index (χ1) is 17.3. The van der Waals surface area contributed by atoms with E-state index in [0.29, 0.717) is 6.54 Å². The normalized spacial score (nSPS) is 14.7. The Hall–Kier alpha value is -4.65. The smallest absolute Gasteiger partial charge is 0.148 e. The van der Waals surface area contributed by atoms with Crippen LogP contribution in [0.3, 0.4) is 0 Å². The lowest BCUT2D eigenvalue weighted by Crippen LogP contribution is -2.26. The summed E-state index contributed by atoms with van der Waals surface area (Å²) in [7, 11) is 0. The van der Waals surface area contributed by atoms with Crippen molar-refractivity contribution in [2.24, 2.45) is 0 Å². The van der Waals surface area contributed by atoms with Gasteiger partial charge in [0, 0.05) is 65.3 Å². The summed E-state index contributed by atoms with van der Waals surface area (Å²) in [5.74, 6) is 0. The van der Waals surface area contributed by atoms with Crippen molar-refractivity contribution in [3.8, 4) is 11.1 Å². The molecule has 172 valence electrons. The van der Waals surface area contributed by atoms with Crippen LogP contribution in [0.5, 0.6) is 0 Å². The van der Waals surface area contributed by atoms with Crippen LogP contribution in [0.1, 0.15) is 23.0 Å². The molecule has 35 heavy (non-hydrogen) atoms. The van der Waals surface area contributed by atoms with Crippen LogP contribution in [0.4, 0.5) is 5.69 Å². The second-order valence-electron chi connectivity index (χ2n) is 8.59. The molecule has 0 radical (unpaired) electrons. The lowest BCUT2D eigenvalue weighted by molar-refractivity contribution is -0.109. The molecular weight excluding hydrogens is 436 g/mol. The van der Waals surface area contributed by atoms with E-state index in [2.05, 4.69) is 72.7 Å². The largest absolute Gasteiger partial charge is 0.379 e. The van der Waals surface area contributed by atoms with Gasteiger partial charge in [-0.25, -0.2) is 4.98 Å². The molecule has 0 bridgehead atoms. The quantitative estimate of drug-likeness (QED) is 0.300. The number of aromatic nitrogens is 4. The van der Waals surface area contributed by atoms with Gasteiger partial charge in [0.25, 0.3) is 0 Å². The fourth-order valence-corrected chi connectivity index (χ4v) is 4.54. The molecule has 7 heteroatoms. The van der Waals surface area contributed by atoms with E-state index in [1.807, 2.05) is 36.7 Å². The van der Waals surface area contributed by atoms with E-state index in [4.69, 9.17) is 0 Å². The van der Waals surface area contributed by atoms with Crippen LogP contribution in [0.25, 0.3) is 27.9 Å². The molecule has 7 nitrogen and oxygen atoms in total. The molecule has 0 fully saturated rings. The highest BCUT2D eigenvalue weighted by molar-refractivity contribution is 5.94. The van der Waals surface area contributed by atoms with Gasteiger partial charge in [-0.3, -0.25) is 4.98 Å². The van der Waals surface area contributed by atoms with E-state index in [1.165, 1.54) is 5.56 Å². The molecular formula is C28H24N6O. The topological polar surface area (TPSA) is 87.6 Å². The van der Waals surface area contributed by atoms with Gasteiger partial charge in [0.15, 0.2) is 0 Å². The summed E-state index contributed by atoms with van der Waals surface area (Å²) in [6.07, 6.45) is 11.3. The van der Waals surface area contributed by atoms with Crippen molar-refractivity contribution in [1.82, 2.24) is 24.8 Å². The number of nitrogens with one attached hydrogen (secondary N) is 3. The highest BCUT2D eigenvalue weighted by Gasteiger charge is 2.23. The Bertz CT molecular complexity index is 1510. The number of pyridine rings is 2. The maximum Gasteiger partial charge on any atom is 0.148 e. The second kappa shape index (κ2) is 8.95. The third-order valence-electron chi connectivity index (χ3n) is 6.34. The zero-order chi connectivity index (χ0) is 23.6. The molecule has 0 amide bonds. The first-order valence-corrected chi connectivity index (χ1v) is 11.6. The number of anilines is 1. The highest BCUT2D eigenvalue weighted by Crippen LogP contribution is 2.34. The van der Waals surface area contributed by atoms with E-state index in [1.54, 1.807) is 12.4 Å². The molecule has 0 spiro atoms. The van der Waals surface area contributed by atoms with Gasteiger partial charge in [-0.1, -0.05) is 18.2 Å². The Kier molecular flexibility index (Phi) is 5.35. The number of carbonyl (C=O) groups excluding carboxylic acids is 1. The minimum Gasteiger partial charge on any atom is -0.379 e. The number of aromatic amines is 1. The molecule has 5 heterocycles. The van der Waals surface area contributed by atoms with Gasteiger partial charge in [-0.15, -0.1) is 0 Å². The molecule has 1 aliphatic rings. The van der Waals surface area contributed by atoms with Crippen LogP contribution in [0.2, 0.25) is 0 Å². The van der Waals surface area contributed by atoms with Crippen LogP contribution in [0, 0.1) is 0 Å². The molecule has 5 aromatic rings. The first-order valence-electron chi connectivity index (χ1n) is 11.6. The number of benzene rings is 1. The van der Waals surface area contributed by atoms with Crippen LogP contribution in [0.15, 0.2) is 91.7 Å². The number of nitrogens with zero attached hydrogens (tertiary/aromatic N) is 3. The van der Waals surface area contributed by atoms with Gasteiger partial charge in [0.05, 0.1) is 17.9 Å². The van der Waals surface area contributed by atoms with Gasteiger partial charge in [0.2, 0.25) is 0 Å². The lowest BCUT2D eigenvalue weighted by atomic mass is 10.1. The Labute approximate surface area is 202 Å². The average molecular weight is 461 g/mol. The molecule has 1 aliphatic heterocycles. The molecule has 1 atom stereocenters. The Morgan fingerprint density at radius 3 is 2.74 bits per heavy atom. The SMILES string of the molecule is O=CC1NC=C(Cc2ccc(NCc3ccccn3)cc2)n2cc(-c3c[nH]c4ncccc34)cc21. The molecule has 0 saturated carbocycles. The molecule has 1 aromatic carbocycles. The fraction of sp³-hybridized carbons (Fsp3) is 0.107. The van der Waals surface area contributed by atoms with E-state index < -0.39 is 0 Å². The average Bonchev–Trinajstić information content (AvgIpc) is 3.54. The molecule has 4 aromatic heterocycles. The molecule has 6 rings (SSSR count). The third kappa shape index (κ3) is 4.08. The van der Waals surface area contributed by atoms with Gasteiger partial charge in [-0.05, 0) is 48.0 Å². The molecule has 0 aliphatic carbocycles. The molecule has 3 N–H and O–H groups in total. The van der Waals surface area contributed by atoms with Crippen molar-refractivity contribution >= 4 is 28.7 Å². The van der Waals surface area contributed by atoms with Gasteiger partial charge in [-0.2, -0.15) is 0 Å². The highest BCUT2D eigenvalue weighted by atomic mass is 16.1. The Balaban J connectivity index is 1.24. The summed E-state index contributed by atoms with van der Waals surface area (Å²) >= 11 is 0. The fourth-order valence-electron chi connectivity index (χ4n) is 4.54. The van der Waals surface area contributed by atoms with Crippen LogP contribution >= 0.6 is 0 Å². The van der Waals surface area contributed by atoms with Crippen molar-refractivity contribution in [1.29, 1.82) is 0 Å². The van der Waals surface area contributed by atoms with E-state index in [-0.39, 0.29) is 6.04 Å². The van der Waals surface area contributed by atoms with Crippen LogP contribution in [-0.2, 0) is 17.8 Å². The minimum absolute atomic E-state index is 0.381. The maximum absolute atomic E-state index is 11.8. The summed E-state index contributed by atoms with van der Waals surface area (Å²) in [4.78, 5) is 23.8. The van der Waals surface area contributed by atoms with E-state index in [9.17, 15) is 4.79 Å². The summed E-state index contributed by atoms with van der Waals surface area (Å²) in [6.45, 7) is 0.682. The van der Waals surface area contributed by atoms with Crippen molar-refractivity contribution < 1.29 is 4.79 Å². The summed E-state index contributed by atoms with van der Waals surface area (Å²) in [5.41, 5.74) is 8.22. The van der Waals surface area contributed by atoms with Crippen molar-refractivity contribution in [3.63, 3.8) is 0 Å². The number of hydrogen-bond donors (Lipinski definition) is 3. The van der Waals surface area contributed by atoms with E-state index in [0.717, 1.165) is 57.6 Å². The zero-order valence-corrected chi connectivity index (χ0v) is 19.0. The van der Waals surface area contributed by atoms with Gasteiger partial charge < -0.3 is 25.0 Å². The monoisotopic (exact) mass is 460 g/mol. The van der Waals surface area contributed by atoms with E-state index >= 15 is 0 Å². The summed E-state index contributed by atoms with van der Waals surface area (Å²) in [6, 6.07) is 20.0. The van der Waals surface area contributed by atoms with Crippen LogP contribution < -0.4 is 10.6 Å². The number of rotatable bonds is 7. The standard InChI is InChI=1S/C28H24N6O/c35-18-26-27-13-20(25-16-33-28-24(25)5-3-11-30-28)17-34(27)23(15-32-26)12-19-6-8-21(9-7-19)31-14-22-4-1-2-10-29-22/h1-11,13,15-18,26,31-32H,12,14H2,(H,30,33). The predicted molar refractivity (Wildman–Crippen MR) is 137 cm³/mol. The molecule has 1 unspecified atom stereocenters. The number of hydrogen-bond acceptors (Lipinski definition) is 5. The Morgan fingerprint density at radius 1 is 1.03 bits per heavy atom. The summed E-state index contributed by atoms with van der Waals surface area (Å²) in [5, 5.41) is 7.72. The minimum atomic E-state index is -0.381. The van der Waals surface area contributed by atoms with Gasteiger partial charge >= 0.3 is 0 Å². The lowest BCUT2D eigenvalue weighted by Gasteiger charge is -2.23. The number of aldehydes is 1. The van der Waals surface area contributed by atoms with Crippen molar-refractivity contribution in [2.75, 3.05) is 5.32 Å².